The van der Waals surface area contributed by atoms with Gasteiger partial charge in [0.2, 0.25) is 0 Å². The number of unbranched alkanes of at least 4 members (excludes halogenated alkanes) is 1. The zero-order chi connectivity index (χ0) is 13.7. The van der Waals surface area contributed by atoms with Gasteiger partial charge in [-0.25, -0.2) is 4.39 Å². The highest BCUT2D eigenvalue weighted by Gasteiger charge is 2.25. The largest absolute Gasteiger partial charge is 0.388 e. The van der Waals surface area contributed by atoms with Crippen molar-refractivity contribution in [2.24, 2.45) is 5.92 Å². The van der Waals surface area contributed by atoms with E-state index in [1.54, 1.807) is 12.1 Å². The zero-order valence-electron chi connectivity index (χ0n) is 11.7. The predicted molar refractivity (Wildman–Crippen MR) is 75.4 cm³/mol. The molecule has 1 atom stereocenters. The summed E-state index contributed by atoms with van der Waals surface area (Å²) >= 11 is 0. The molecule has 1 aliphatic heterocycles. The van der Waals surface area contributed by atoms with E-state index in [0.717, 1.165) is 31.5 Å². The minimum Gasteiger partial charge on any atom is -0.388 e. The first-order chi connectivity index (χ1) is 9.20. The molecule has 1 unspecified atom stereocenters. The average Bonchev–Trinajstić information content (AvgIpc) is 2.46. The highest BCUT2D eigenvalue weighted by atomic mass is 19.1. The molecule has 2 rings (SSSR count). The fourth-order valence-corrected chi connectivity index (χ4v) is 2.81. The van der Waals surface area contributed by atoms with Gasteiger partial charge in [-0.1, -0.05) is 25.5 Å². The molecule has 106 valence electrons. The Labute approximate surface area is 115 Å². The van der Waals surface area contributed by atoms with Crippen molar-refractivity contribution in [1.29, 1.82) is 0 Å². The van der Waals surface area contributed by atoms with Crippen LogP contribution < -0.4 is 0 Å². The summed E-state index contributed by atoms with van der Waals surface area (Å²) in [4.78, 5) is 2.48. The molecule has 0 saturated carbocycles. The van der Waals surface area contributed by atoms with E-state index in [4.69, 9.17) is 0 Å². The van der Waals surface area contributed by atoms with Crippen molar-refractivity contribution in [3.8, 4) is 0 Å². The first kappa shape index (κ1) is 14.5. The first-order valence-corrected chi connectivity index (χ1v) is 7.36. The summed E-state index contributed by atoms with van der Waals surface area (Å²) in [6, 6.07) is 6.25. The number of likely N-dealkylation sites (tertiary alicyclic amines) is 1. The normalized spacial score (nSPS) is 19.5. The molecule has 1 aromatic carbocycles. The average molecular weight is 265 g/mol. The van der Waals surface area contributed by atoms with E-state index >= 15 is 0 Å². The van der Waals surface area contributed by atoms with E-state index in [0.29, 0.717) is 5.92 Å². The second-order valence-corrected chi connectivity index (χ2v) is 5.53. The van der Waals surface area contributed by atoms with E-state index < -0.39 is 6.10 Å². The van der Waals surface area contributed by atoms with Gasteiger partial charge in [-0.2, -0.15) is 0 Å². The van der Waals surface area contributed by atoms with Crippen LogP contribution in [0.25, 0.3) is 0 Å². The fraction of sp³-hybridized carbons (Fsp3) is 0.625. The quantitative estimate of drug-likeness (QED) is 0.882. The van der Waals surface area contributed by atoms with Gasteiger partial charge in [0, 0.05) is 0 Å². The summed E-state index contributed by atoms with van der Waals surface area (Å²) in [6.07, 6.45) is 4.10. The molecule has 0 bridgehead atoms. The molecule has 1 heterocycles. The predicted octanol–water partition coefficient (Wildman–Crippen LogP) is 3.37. The van der Waals surface area contributed by atoms with Crippen molar-refractivity contribution >= 4 is 0 Å². The lowest BCUT2D eigenvalue weighted by molar-refractivity contribution is 0.0585. The Morgan fingerprint density at radius 2 is 1.89 bits per heavy atom. The molecule has 19 heavy (non-hydrogen) atoms. The Kier molecular flexibility index (Phi) is 5.34. The van der Waals surface area contributed by atoms with Crippen molar-refractivity contribution in [2.75, 3.05) is 19.6 Å². The molecule has 1 N–H and O–H groups in total. The monoisotopic (exact) mass is 265 g/mol. The maximum absolute atomic E-state index is 12.9. The topological polar surface area (TPSA) is 23.5 Å². The highest BCUT2D eigenvalue weighted by molar-refractivity contribution is 5.19. The maximum atomic E-state index is 12.9. The van der Waals surface area contributed by atoms with Crippen molar-refractivity contribution in [2.45, 2.75) is 38.7 Å². The van der Waals surface area contributed by atoms with Gasteiger partial charge >= 0.3 is 0 Å². The van der Waals surface area contributed by atoms with Crippen LogP contribution >= 0.6 is 0 Å². The Hall–Kier alpha value is -0.930. The summed E-state index contributed by atoms with van der Waals surface area (Å²) in [7, 11) is 0. The van der Waals surface area contributed by atoms with Gasteiger partial charge in [-0.05, 0) is 62.5 Å². The molecule has 1 aliphatic rings. The number of aliphatic hydroxyl groups is 1. The van der Waals surface area contributed by atoms with E-state index in [2.05, 4.69) is 11.8 Å². The lowest BCUT2D eigenvalue weighted by Crippen LogP contribution is -2.36. The third kappa shape index (κ3) is 4.02. The van der Waals surface area contributed by atoms with Crippen molar-refractivity contribution in [3.05, 3.63) is 35.6 Å². The van der Waals surface area contributed by atoms with Gasteiger partial charge in [0.15, 0.2) is 0 Å². The lowest BCUT2D eigenvalue weighted by Gasteiger charge is -2.34. The van der Waals surface area contributed by atoms with Gasteiger partial charge in [-0.3, -0.25) is 0 Å². The molecule has 2 nitrogen and oxygen atoms in total. The number of piperidine rings is 1. The van der Waals surface area contributed by atoms with Crippen LogP contribution in [-0.4, -0.2) is 29.6 Å². The molecule has 1 fully saturated rings. The van der Waals surface area contributed by atoms with Gasteiger partial charge in [0.1, 0.15) is 5.82 Å². The molecule has 1 aromatic rings. The summed E-state index contributed by atoms with van der Waals surface area (Å²) in [6.45, 7) is 5.53. The molecule has 0 aliphatic carbocycles. The van der Waals surface area contributed by atoms with Crippen LogP contribution in [0.4, 0.5) is 4.39 Å². The number of benzene rings is 1. The Bertz CT molecular complexity index is 371. The van der Waals surface area contributed by atoms with Gasteiger partial charge in [-0.15, -0.1) is 0 Å². The van der Waals surface area contributed by atoms with E-state index in [1.165, 1.54) is 31.5 Å². The van der Waals surface area contributed by atoms with Crippen LogP contribution in [0.1, 0.15) is 44.3 Å². The zero-order valence-corrected chi connectivity index (χ0v) is 11.7. The minimum absolute atomic E-state index is 0.245. The van der Waals surface area contributed by atoms with Crippen LogP contribution in [0.5, 0.6) is 0 Å². The SMILES string of the molecule is CCCCN1CCC(C(O)c2ccc(F)cc2)CC1. The Morgan fingerprint density at radius 1 is 1.26 bits per heavy atom. The molecular formula is C16H24FNO. The third-order valence-corrected chi connectivity index (χ3v) is 4.12. The van der Waals surface area contributed by atoms with Gasteiger partial charge < -0.3 is 10.0 Å². The molecule has 3 heteroatoms. The van der Waals surface area contributed by atoms with Crippen LogP contribution in [0, 0.1) is 11.7 Å². The van der Waals surface area contributed by atoms with Crippen molar-refractivity contribution in [1.82, 2.24) is 4.90 Å². The maximum Gasteiger partial charge on any atom is 0.123 e. The molecule has 0 radical (unpaired) electrons. The highest BCUT2D eigenvalue weighted by Crippen LogP contribution is 2.30. The van der Waals surface area contributed by atoms with Crippen LogP contribution in [0.2, 0.25) is 0 Å². The number of hydrogen-bond donors (Lipinski definition) is 1. The van der Waals surface area contributed by atoms with Crippen molar-refractivity contribution in [3.63, 3.8) is 0 Å². The van der Waals surface area contributed by atoms with E-state index in [9.17, 15) is 9.50 Å². The molecule has 0 aromatic heterocycles. The number of aliphatic hydroxyl groups excluding tert-OH is 1. The summed E-state index contributed by atoms with van der Waals surface area (Å²) in [5, 5.41) is 10.4. The smallest absolute Gasteiger partial charge is 0.123 e. The number of rotatable bonds is 5. The van der Waals surface area contributed by atoms with E-state index in [-0.39, 0.29) is 5.82 Å². The summed E-state index contributed by atoms with van der Waals surface area (Å²) < 4.78 is 12.9. The second kappa shape index (κ2) is 7.01. The minimum atomic E-state index is -0.450. The van der Waals surface area contributed by atoms with Crippen molar-refractivity contribution < 1.29 is 9.50 Å². The Balaban J connectivity index is 1.85. The van der Waals surface area contributed by atoms with Crippen LogP contribution in [0.3, 0.4) is 0 Å². The first-order valence-electron chi connectivity index (χ1n) is 7.36. The standard InChI is InChI=1S/C16H24FNO/c1-2-3-10-18-11-8-14(9-12-18)16(19)13-4-6-15(17)7-5-13/h4-7,14,16,19H,2-3,8-12H2,1H3. The number of nitrogens with zero attached hydrogens (tertiary/aromatic N) is 1. The third-order valence-electron chi connectivity index (χ3n) is 4.12. The fourth-order valence-electron chi connectivity index (χ4n) is 2.81. The number of hydrogen-bond acceptors (Lipinski definition) is 2. The second-order valence-electron chi connectivity index (χ2n) is 5.53. The van der Waals surface area contributed by atoms with E-state index in [1.807, 2.05) is 0 Å². The molecular weight excluding hydrogens is 241 g/mol. The Morgan fingerprint density at radius 3 is 2.47 bits per heavy atom. The number of halogens is 1. The van der Waals surface area contributed by atoms with Crippen LogP contribution in [0.15, 0.2) is 24.3 Å². The molecule has 0 amide bonds. The van der Waals surface area contributed by atoms with Gasteiger partial charge in [0.05, 0.1) is 6.10 Å². The van der Waals surface area contributed by atoms with Gasteiger partial charge in [0.25, 0.3) is 0 Å². The molecule has 1 saturated heterocycles. The van der Waals surface area contributed by atoms with Crippen LogP contribution in [-0.2, 0) is 0 Å². The summed E-state index contributed by atoms with van der Waals surface area (Å²) in [5.74, 6) is 0.0636. The molecule has 0 spiro atoms. The lowest BCUT2D eigenvalue weighted by atomic mass is 9.87. The summed E-state index contributed by atoms with van der Waals surface area (Å²) in [5.41, 5.74) is 0.841.